The van der Waals surface area contributed by atoms with E-state index in [1.165, 1.54) is 0 Å². The minimum atomic E-state index is -0.172. The van der Waals surface area contributed by atoms with Crippen LogP contribution in [0.15, 0.2) is 47.8 Å². The van der Waals surface area contributed by atoms with Gasteiger partial charge in [-0.1, -0.05) is 19.1 Å². The molecule has 7 nitrogen and oxygen atoms in total. The summed E-state index contributed by atoms with van der Waals surface area (Å²) in [5, 5.41) is 2.94. The van der Waals surface area contributed by atoms with Crippen molar-refractivity contribution in [1.82, 2.24) is 24.0 Å². The summed E-state index contributed by atoms with van der Waals surface area (Å²) in [5.74, 6) is -0.172. The molecule has 3 rings (SSSR count). The standard InChI is InChI=1S/C18H23N5O2/c1-3-9-22-15-6-4-5-7-16(15)23(18(22)25)12-17(24)20-14(2)11-21-10-8-19-13-21/h4-8,10,13-14H,3,9,11-12H2,1-2H3,(H,20,24)/t14-/m1/s1. The van der Waals surface area contributed by atoms with Gasteiger partial charge in [0.05, 0.1) is 17.4 Å². The fourth-order valence-corrected chi connectivity index (χ4v) is 3.09. The quantitative estimate of drug-likeness (QED) is 0.709. The lowest BCUT2D eigenvalue weighted by molar-refractivity contribution is -0.122. The molecular weight excluding hydrogens is 318 g/mol. The van der Waals surface area contributed by atoms with Gasteiger partial charge in [0, 0.05) is 31.5 Å². The molecule has 0 aliphatic rings. The molecule has 25 heavy (non-hydrogen) atoms. The Morgan fingerprint density at radius 3 is 2.60 bits per heavy atom. The monoisotopic (exact) mass is 341 g/mol. The van der Waals surface area contributed by atoms with Crippen molar-refractivity contribution in [3.05, 3.63) is 53.5 Å². The van der Waals surface area contributed by atoms with Crippen molar-refractivity contribution < 1.29 is 4.79 Å². The van der Waals surface area contributed by atoms with Crippen LogP contribution in [-0.4, -0.2) is 30.6 Å². The Kier molecular flexibility index (Phi) is 5.02. The average Bonchev–Trinajstić information content (AvgIpc) is 3.17. The molecule has 1 atom stereocenters. The number of aromatic nitrogens is 4. The van der Waals surface area contributed by atoms with Crippen LogP contribution < -0.4 is 11.0 Å². The SMILES string of the molecule is CCCn1c(=O)n(CC(=O)N[C@H](C)Cn2ccnc2)c2ccccc21. The Morgan fingerprint density at radius 1 is 1.24 bits per heavy atom. The number of nitrogens with zero attached hydrogens (tertiary/aromatic N) is 4. The normalized spacial score (nSPS) is 12.4. The molecule has 0 spiro atoms. The molecule has 0 saturated carbocycles. The van der Waals surface area contributed by atoms with Gasteiger partial charge in [-0.2, -0.15) is 0 Å². The molecule has 1 amide bonds. The molecule has 1 N–H and O–H groups in total. The van der Waals surface area contributed by atoms with E-state index >= 15 is 0 Å². The third-order valence-electron chi connectivity index (χ3n) is 4.13. The lowest BCUT2D eigenvalue weighted by atomic mass is 10.3. The molecule has 7 heteroatoms. The number of carbonyl (C=O) groups is 1. The van der Waals surface area contributed by atoms with Gasteiger partial charge >= 0.3 is 5.69 Å². The summed E-state index contributed by atoms with van der Waals surface area (Å²) < 4.78 is 5.19. The maximum absolute atomic E-state index is 12.7. The van der Waals surface area contributed by atoms with Crippen molar-refractivity contribution in [3.63, 3.8) is 0 Å². The van der Waals surface area contributed by atoms with Gasteiger partial charge in [-0.15, -0.1) is 0 Å². The zero-order valence-electron chi connectivity index (χ0n) is 14.6. The Morgan fingerprint density at radius 2 is 1.96 bits per heavy atom. The number of hydrogen-bond donors (Lipinski definition) is 1. The second kappa shape index (κ2) is 7.38. The summed E-state index contributed by atoms with van der Waals surface area (Å²) in [6.07, 6.45) is 6.13. The summed E-state index contributed by atoms with van der Waals surface area (Å²) in [6.45, 7) is 5.26. The van der Waals surface area contributed by atoms with Crippen LogP contribution >= 0.6 is 0 Å². The first-order valence-electron chi connectivity index (χ1n) is 8.53. The molecule has 3 aromatic rings. The van der Waals surface area contributed by atoms with Crippen LogP contribution in [0.4, 0.5) is 0 Å². The molecular formula is C18H23N5O2. The number of para-hydroxylation sites is 2. The van der Waals surface area contributed by atoms with E-state index in [4.69, 9.17) is 0 Å². The van der Waals surface area contributed by atoms with E-state index < -0.39 is 0 Å². The van der Waals surface area contributed by atoms with Gasteiger partial charge in [0.15, 0.2) is 0 Å². The summed E-state index contributed by atoms with van der Waals surface area (Å²) in [4.78, 5) is 29.1. The molecule has 0 fully saturated rings. The van der Waals surface area contributed by atoms with Crippen molar-refractivity contribution in [2.24, 2.45) is 0 Å². The van der Waals surface area contributed by atoms with Crippen molar-refractivity contribution >= 4 is 16.9 Å². The van der Waals surface area contributed by atoms with Gasteiger partial charge in [0.1, 0.15) is 6.54 Å². The molecule has 0 aliphatic carbocycles. The maximum Gasteiger partial charge on any atom is 0.329 e. The Hall–Kier alpha value is -2.83. The van der Waals surface area contributed by atoms with Crippen LogP contribution in [0, 0.1) is 0 Å². The zero-order chi connectivity index (χ0) is 17.8. The molecule has 2 heterocycles. The molecule has 1 aromatic carbocycles. The minimum Gasteiger partial charge on any atom is -0.350 e. The van der Waals surface area contributed by atoms with Crippen LogP contribution in [0.3, 0.4) is 0 Å². The summed E-state index contributed by atoms with van der Waals surface area (Å²) in [5.41, 5.74) is 1.52. The highest BCUT2D eigenvalue weighted by Gasteiger charge is 2.16. The van der Waals surface area contributed by atoms with Crippen LogP contribution in [0.1, 0.15) is 20.3 Å². The first-order chi connectivity index (χ1) is 12.1. The van der Waals surface area contributed by atoms with Crippen molar-refractivity contribution in [2.75, 3.05) is 0 Å². The predicted molar refractivity (Wildman–Crippen MR) is 96.3 cm³/mol. The van der Waals surface area contributed by atoms with Crippen LogP contribution in [0.5, 0.6) is 0 Å². The average molecular weight is 341 g/mol. The van der Waals surface area contributed by atoms with Crippen LogP contribution in [0.25, 0.3) is 11.0 Å². The molecule has 0 saturated heterocycles. The van der Waals surface area contributed by atoms with Gasteiger partial charge in [-0.05, 0) is 25.5 Å². The number of carbonyl (C=O) groups excluding carboxylic acids is 1. The Bertz CT molecular complexity index is 907. The lowest BCUT2D eigenvalue weighted by Crippen LogP contribution is -2.39. The number of benzene rings is 1. The highest BCUT2D eigenvalue weighted by Crippen LogP contribution is 2.13. The smallest absolute Gasteiger partial charge is 0.329 e. The number of amides is 1. The molecule has 0 radical (unpaired) electrons. The zero-order valence-corrected chi connectivity index (χ0v) is 14.6. The van der Waals surface area contributed by atoms with E-state index in [1.54, 1.807) is 21.7 Å². The van der Waals surface area contributed by atoms with Gasteiger partial charge in [-0.25, -0.2) is 9.78 Å². The second-order valence-electron chi connectivity index (χ2n) is 6.24. The van der Waals surface area contributed by atoms with E-state index in [9.17, 15) is 9.59 Å². The van der Waals surface area contributed by atoms with E-state index in [1.807, 2.05) is 48.9 Å². The summed E-state index contributed by atoms with van der Waals surface area (Å²) >= 11 is 0. The number of nitrogens with one attached hydrogen (secondary N) is 1. The molecule has 0 aliphatic heterocycles. The lowest BCUT2D eigenvalue weighted by Gasteiger charge is -2.14. The first-order valence-corrected chi connectivity index (χ1v) is 8.53. The number of aryl methyl sites for hydroxylation is 1. The third-order valence-corrected chi connectivity index (χ3v) is 4.13. The first kappa shape index (κ1) is 17.0. The van der Waals surface area contributed by atoms with Gasteiger partial charge in [-0.3, -0.25) is 13.9 Å². The Labute approximate surface area is 145 Å². The van der Waals surface area contributed by atoms with Crippen molar-refractivity contribution in [3.8, 4) is 0 Å². The largest absolute Gasteiger partial charge is 0.350 e. The number of hydrogen-bond acceptors (Lipinski definition) is 3. The highest BCUT2D eigenvalue weighted by atomic mass is 16.2. The fourth-order valence-electron chi connectivity index (χ4n) is 3.09. The summed E-state index contributed by atoms with van der Waals surface area (Å²) in [7, 11) is 0. The van der Waals surface area contributed by atoms with E-state index in [-0.39, 0.29) is 24.2 Å². The topological polar surface area (TPSA) is 73.8 Å². The van der Waals surface area contributed by atoms with E-state index in [0.29, 0.717) is 13.1 Å². The summed E-state index contributed by atoms with van der Waals surface area (Å²) in [6, 6.07) is 7.54. The van der Waals surface area contributed by atoms with E-state index in [0.717, 1.165) is 17.5 Å². The number of rotatable bonds is 7. The molecule has 0 unspecified atom stereocenters. The second-order valence-corrected chi connectivity index (χ2v) is 6.24. The number of fused-ring (bicyclic) bond motifs is 1. The molecule has 132 valence electrons. The predicted octanol–water partition coefficient (Wildman–Crippen LogP) is 1.61. The highest BCUT2D eigenvalue weighted by molar-refractivity contribution is 5.81. The van der Waals surface area contributed by atoms with Gasteiger partial charge in [0.2, 0.25) is 5.91 Å². The van der Waals surface area contributed by atoms with Crippen LogP contribution in [-0.2, 0) is 24.4 Å². The molecule has 0 bridgehead atoms. The minimum absolute atomic E-state index is 0.0182. The molecule has 2 aromatic heterocycles. The van der Waals surface area contributed by atoms with Crippen molar-refractivity contribution in [1.29, 1.82) is 0 Å². The van der Waals surface area contributed by atoms with E-state index in [2.05, 4.69) is 10.3 Å². The number of imidazole rings is 2. The fraction of sp³-hybridized carbons (Fsp3) is 0.389. The van der Waals surface area contributed by atoms with Gasteiger partial charge < -0.3 is 9.88 Å². The van der Waals surface area contributed by atoms with Crippen molar-refractivity contribution in [2.45, 2.75) is 45.9 Å². The third kappa shape index (κ3) is 3.65. The van der Waals surface area contributed by atoms with Gasteiger partial charge in [0.25, 0.3) is 0 Å². The maximum atomic E-state index is 12.7. The Balaban J connectivity index is 1.77. The van der Waals surface area contributed by atoms with Crippen LogP contribution in [0.2, 0.25) is 0 Å².